The highest BCUT2D eigenvalue weighted by Crippen LogP contribution is 2.16. The third kappa shape index (κ3) is 3.06. The first-order valence-electron chi connectivity index (χ1n) is 7.74. The van der Waals surface area contributed by atoms with Crippen molar-refractivity contribution in [1.29, 1.82) is 0 Å². The molecule has 0 unspecified atom stereocenters. The minimum atomic E-state index is -0.362. The number of ketones is 1. The summed E-state index contributed by atoms with van der Waals surface area (Å²) in [5.41, 5.74) is 3.66. The molecule has 5 heteroatoms. The van der Waals surface area contributed by atoms with Crippen LogP contribution in [0.15, 0.2) is 48.7 Å². The Morgan fingerprint density at radius 1 is 1.12 bits per heavy atom. The van der Waals surface area contributed by atoms with E-state index in [1.807, 2.05) is 47.9 Å². The van der Waals surface area contributed by atoms with E-state index >= 15 is 0 Å². The molecule has 0 saturated carbocycles. The number of hydrogen-bond acceptors (Lipinski definition) is 4. The second-order valence-electron chi connectivity index (χ2n) is 5.59. The molecule has 122 valence electrons. The second kappa shape index (κ2) is 6.66. The van der Waals surface area contributed by atoms with E-state index in [0.29, 0.717) is 24.1 Å². The molecule has 0 aliphatic carbocycles. The zero-order valence-electron chi connectivity index (χ0n) is 13.7. The van der Waals surface area contributed by atoms with Crippen molar-refractivity contribution in [2.45, 2.75) is 19.8 Å². The van der Waals surface area contributed by atoms with Crippen molar-refractivity contribution in [2.75, 3.05) is 7.11 Å². The van der Waals surface area contributed by atoms with Crippen molar-refractivity contribution in [3.8, 4) is 0 Å². The number of hydrogen-bond donors (Lipinski definition) is 0. The lowest BCUT2D eigenvalue weighted by Crippen LogP contribution is -2.07. The third-order valence-electron chi connectivity index (χ3n) is 3.98. The molecule has 0 saturated heterocycles. The number of aromatic nitrogens is 2. The fourth-order valence-corrected chi connectivity index (χ4v) is 2.75. The highest BCUT2D eigenvalue weighted by atomic mass is 16.5. The Morgan fingerprint density at radius 2 is 1.88 bits per heavy atom. The molecule has 1 aromatic carbocycles. The van der Waals surface area contributed by atoms with Crippen LogP contribution >= 0.6 is 0 Å². The summed E-state index contributed by atoms with van der Waals surface area (Å²) in [6.07, 6.45) is 2.86. The lowest BCUT2D eigenvalue weighted by molar-refractivity contribution is 0.0600. The number of pyridine rings is 1. The lowest BCUT2D eigenvalue weighted by Gasteiger charge is -2.04. The van der Waals surface area contributed by atoms with Crippen molar-refractivity contribution < 1.29 is 14.3 Å². The van der Waals surface area contributed by atoms with Gasteiger partial charge in [-0.1, -0.05) is 18.2 Å². The fraction of sp³-hybridized carbons (Fsp3) is 0.211. The monoisotopic (exact) mass is 322 g/mol. The number of Topliss-reactive ketones (excluding diaryl/α,β-unsaturated/α-hetero) is 1. The summed E-state index contributed by atoms with van der Waals surface area (Å²) in [4.78, 5) is 28.4. The molecule has 3 rings (SSSR count). The summed E-state index contributed by atoms with van der Waals surface area (Å²) in [6, 6.07) is 12.8. The van der Waals surface area contributed by atoms with E-state index in [1.54, 1.807) is 12.1 Å². The summed E-state index contributed by atoms with van der Waals surface area (Å²) >= 11 is 0. The standard InChI is InChI=1S/C19H18N2O3/c1-13-18(21-12-4-3-5-17(21)20-13)16(22)11-8-14-6-9-15(10-7-14)19(23)24-2/h3-7,9-10,12H,8,11H2,1-2H3. The average Bonchev–Trinajstić information content (AvgIpc) is 2.95. The molecule has 0 N–H and O–H groups in total. The molecule has 0 amide bonds. The molecule has 2 aromatic heterocycles. The maximum absolute atomic E-state index is 12.6. The van der Waals surface area contributed by atoms with Crippen LogP contribution in [-0.4, -0.2) is 28.2 Å². The van der Waals surface area contributed by atoms with Gasteiger partial charge in [-0.2, -0.15) is 0 Å². The number of carbonyl (C=O) groups excluding carboxylic acids is 2. The van der Waals surface area contributed by atoms with E-state index in [1.165, 1.54) is 7.11 Å². The predicted octanol–water partition coefficient (Wildman–Crippen LogP) is 3.24. The number of ether oxygens (including phenoxy) is 1. The molecular weight excluding hydrogens is 304 g/mol. The zero-order chi connectivity index (χ0) is 17.1. The molecule has 0 spiro atoms. The van der Waals surface area contributed by atoms with Gasteiger partial charge in [0.25, 0.3) is 0 Å². The van der Waals surface area contributed by atoms with Gasteiger partial charge in [0.1, 0.15) is 11.3 Å². The molecule has 0 fully saturated rings. The molecular formula is C19H18N2O3. The van der Waals surface area contributed by atoms with E-state index in [9.17, 15) is 9.59 Å². The third-order valence-corrected chi connectivity index (χ3v) is 3.98. The summed E-state index contributed by atoms with van der Waals surface area (Å²) in [7, 11) is 1.35. The molecule has 2 heterocycles. The fourth-order valence-electron chi connectivity index (χ4n) is 2.75. The quantitative estimate of drug-likeness (QED) is 0.534. The van der Waals surface area contributed by atoms with Crippen LogP contribution < -0.4 is 0 Å². The number of fused-ring (bicyclic) bond motifs is 1. The Labute approximate surface area is 139 Å². The van der Waals surface area contributed by atoms with E-state index < -0.39 is 0 Å². The Morgan fingerprint density at radius 3 is 2.58 bits per heavy atom. The number of rotatable bonds is 5. The van der Waals surface area contributed by atoms with Crippen LogP contribution in [0, 0.1) is 6.92 Å². The molecule has 0 bridgehead atoms. The lowest BCUT2D eigenvalue weighted by atomic mass is 10.0. The number of nitrogens with zero attached hydrogens (tertiary/aromatic N) is 2. The molecule has 24 heavy (non-hydrogen) atoms. The van der Waals surface area contributed by atoms with Crippen molar-refractivity contribution in [2.24, 2.45) is 0 Å². The van der Waals surface area contributed by atoms with Crippen molar-refractivity contribution in [3.05, 3.63) is 71.2 Å². The molecule has 0 aliphatic rings. The number of esters is 1. The van der Waals surface area contributed by atoms with Gasteiger partial charge in [0, 0.05) is 12.6 Å². The summed E-state index contributed by atoms with van der Waals surface area (Å²) in [5, 5.41) is 0. The predicted molar refractivity (Wildman–Crippen MR) is 90.4 cm³/mol. The molecule has 0 radical (unpaired) electrons. The normalized spacial score (nSPS) is 10.8. The van der Waals surface area contributed by atoms with Gasteiger partial charge in [-0.15, -0.1) is 0 Å². The van der Waals surface area contributed by atoms with E-state index in [4.69, 9.17) is 0 Å². The largest absolute Gasteiger partial charge is 0.465 e. The van der Waals surface area contributed by atoms with Crippen molar-refractivity contribution in [3.63, 3.8) is 0 Å². The molecule has 3 aromatic rings. The Bertz CT molecular complexity index is 895. The van der Waals surface area contributed by atoms with Crippen LogP contribution in [0.1, 0.15) is 38.5 Å². The number of benzene rings is 1. The van der Waals surface area contributed by atoms with Gasteiger partial charge in [0.2, 0.25) is 0 Å². The number of aryl methyl sites for hydroxylation is 2. The number of carbonyl (C=O) groups is 2. The maximum Gasteiger partial charge on any atom is 0.337 e. The minimum absolute atomic E-state index is 0.0586. The number of imidazole rings is 1. The van der Waals surface area contributed by atoms with Gasteiger partial charge in [0.05, 0.1) is 18.4 Å². The second-order valence-corrected chi connectivity index (χ2v) is 5.59. The Hall–Kier alpha value is -2.95. The van der Waals surface area contributed by atoms with Gasteiger partial charge in [-0.05, 0) is 43.2 Å². The van der Waals surface area contributed by atoms with Gasteiger partial charge in [-0.25, -0.2) is 9.78 Å². The summed E-state index contributed by atoms with van der Waals surface area (Å²) in [5.74, 6) is -0.303. The first kappa shape index (κ1) is 15.9. The van der Waals surface area contributed by atoms with Gasteiger partial charge in [0.15, 0.2) is 5.78 Å². The highest BCUT2D eigenvalue weighted by Gasteiger charge is 2.16. The zero-order valence-corrected chi connectivity index (χ0v) is 13.7. The molecule has 0 aliphatic heterocycles. The van der Waals surface area contributed by atoms with Crippen LogP contribution in [0.2, 0.25) is 0 Å². The van der Waals surface area contributed by atoms with Gasteiger partial charge >= 0.3 is 5.97 Å². The van der Waals surface area contributed by atoms with Crippen LogP contribution in [0.5, 0.6) is 0 Å². The average molecular weight is 322 g/mol. The minimum Gasteiger partial charge on any atom is -0.465 e. The SMILES string of the molecule is COC(=O)c1ccc(CCC(=O)c2c(C)nc3ccccn23)cc1. The Balaban J connectivity index is 1.73. The first-order valence-corrected chi connectivity index (χ1v) is 7.74. The van der Waals surface area contributed by atoms with Crippen LogP contribution in [0.4, 0.5) is 0 Å². The highest BCUT2D eigenvalue weighted by molar-refractivity contribution is 5.96. The summed E-state index contributed by atoms with van der Waals surface area (Å²) < 4.78 is 6.51. The summed E-state index contributed by atoms with van der Waals surface area (Å²) in [6.45, 7) is 1.85. The van der Waals surface area contributed by atoms with E-state index in [0.717, 1.165) is 16.9 Å². The number of methoxy groups -OCH3 is 1. The van der Waals surface area contributed by atoms with Crippen LogP contribution in [0.3, 0.4) is 0 Å². The van der Waals surface area contributed by atoms with Crippen LogP contribution in [0.25, 0.3) is 5.65 Å². The smallest absolute Gasteiger partial charge is 0.337 e. The van der Waals surface area contributed by atoms with E-state index in [2.05, 4.69) is 9.72 Å². The molecule has 5 nitrogen and oxygen atoms in total. The molecule has 0 atom stereocenters. The van der Waals surface area contributed by atoms with E-state index in [-0.39, 0.29) is 11.8 Å². The van der Waals surface area contributed by atoms with Gasteiger partial charge in [-0.3, -0.25) is 9.20 Å². The van der Waals surface area contributed by atoms with Crippen LogP contribution in [-0.2, 0) is 11.2 Å². The van der Waals surface area contributed by atoms with Crippen molar-refractivity contribution >= 4 is 17.4 Å². The van der Waals surface area contributed by atoms with Crippen molar-refractivity contribution in [1.82, 2.24) is 9.38 Å². The maximum atomic E-state index is 12.6. The first-order chi connectivity index (χ1) is 11.6. The topological polar surface area (TPSA) is 60.7 Å². The Kier molecular flexibility index (Phi) is 4.42. The van der Waals surface area contributed by atoms with Gasteiger partial charge < -0.3 is 4.74 Å².